The van der Waals surface area contributed by atoms with E-state index >= 15 is 0 Å². The van der Waals surface area contributed by atoms with E-state index in [1.54, 1.807) is 0 Å². The van der Waals surface area contributed by atoms with Crippen LogP contribution in [0.3, 0.4) is 0 Å². The molecule has 1 heterocycles. The van der Waals surface area contributed by atoms with E-state index < -0.39 is 0 Å². The fourth-order valence-corrected chi connectivity index (χ4v) is 0.678. The molecular formula is C5H10INZn. The van der Waals surface area contributed by atoms with E-state index in [1.165, 1.54) is 40.7 Å². The molecule has 0 spiro atoms. The molecule has 0 aromatic carbocycles. The predicted octanol–water partition coefficient (Wildman–Crippen LogP) is 1.46. The molecule has 1 N–H and O–H groups in total. The average Bonchev–Trinajstić information content (AvgIpc) is 1.96. The standard InChI is InChI=1S/C5H10N.HI.Zn/c1-2-4-6-5-3-1;;/h1,6H,2-5H2;1H;/q-1;;+2/p-1. The first-order chi connectivity index (χ1) is 4.00. The zero-order chi connectivity index (χ0) is 6.24. The number of piperidine rings is 1. The van der Waals surface area contributed by atoms with Gasteiger partial charge in [-0.2, -0.15) is 12.8 Å². The van der Waals surface area contributed by atoms with Gasteiger partial charge in [0.05, 0.1) is 0 Å². The summed E-state index contributed by atoms with van der Waals surface area (Å²) in [7, 11) is 0. The molecule has 3 heteroatoms. The van der Waals surface area contributed by atoms with Crippen molar-refractivity contribution in [3.63, 3.8) is 0 Å². The molecule has 1 aliphatic rings. The Bertz CT molecular complexity index is 27.9. The van der Waals surface area contributed by atoms with Gasteiger partial charge in [0.2, 0.25) is 0 Å². The van der Waals surface area contributed by atoms with Gasteiger partial charge in [-0.05, 0) is 13.1 Å². The molecule has 0 radical (unpaired) electrons. The second-order valence-corrected chi connectivity index (χ2v) is 1.62. The minimum absolute atomic E-state index is 1.19. The predicted molar refractivity (Wildman–Crippen MR) is 40.4 cm³/mol. The van der Waals surface area contributed by atoms with Crippen LogP contribution in [0.25, 0.3) is 0 Å². The van der Waals surface area contributed by atoms with Crippen LogP contribution >= 0.6 is 19.8 Å². The monoisotopic (exact) mass is 275 g/mol. The topological polar surface area (TPSA) is 12.0 Å². The van der Waals surface area contributed by atoms with Crippen LogP contribution < -0.4 is 5.32 Å². The van der Waals surface area contributed by atoms with Crippen LogP contribution in [-0.4, -0.2) is 13.1 Å². The summed E-state index contributed by atoms with van der Waals surface area (Å²) >= 11 is 3.62. The Morgan fingerprint density at radius 1 is 1.25 bits per heavy atom. The molecule has 0 atom stereocenters. The van der Waals surface area contributed by atoms with Crippen LogP contribution in [0.15, 0.2) is 0 Å². The van der Waals surface area contributed by atoms with Crippen molar-refractivity contribution in [2.24, 2.45) is 0 Å². The first kappa shape index (κ1) is 9.31. The quantitative estimate of drug-likeness (QED) is 0.401. The summed E-state index contributed by atoms with van der Waals surface area (Å²) in [5.41, 5.74) is 0. The third kappa shape index (κ3) is 5.45. The van der Waals surface area contributed by atoms with Crippen LogP contribution in [0.1, 0.15) is 12.8 Å². The third-order valence-electron chi connectivity index (χ3n) is 1.05. The molecule has 0 aliphatic carbocycles. The number of hydrogen-bond acceptors (Lipinski definition) is 1. The van der Waals surface area contributed by atoms with E-state index in [4.69, 9.17) is 0 Å². The van der Waals surface area contributed by atoms with Crippen LogP contribution in [0.4, 0.5) is 0 Å². The first-order valence-corrected chi connectivity index (χ1v) is 11.8. The van der Waals surface area contributed by atoms with Gasteiger partial charge in [-0.3, -0.25) is 0 Å². The van der Waals surface area contributed by atoms with Gasteiger partial charge in [0, 0.05) is 0 Å². The van der Waals surface area contributed by atoms with E-state index in [0.717, 1.165) is 0 Å². The Labute approximate surface area is 71.9 Å². The van der Waals surface area contributed by atoms with Crippen LogP contribution in [-0.2, 0) is 14.8 Å². The fraction of sp³-hybridized carbons (Fsp3) is 0.800. The summed E-state index contributed by atoms with van der Waals surface area (Å²) in [6.07, 6.45) is 4.86. The molecule has 1 rings (SSSR count). The van der Waals surface area contributed by atoms with Gasteiger partial charge in [-0.1, -0.05) is 0 Å². The van der Waals surface area contributed by atoms with Gasteiger partial charge < -0.3 is 11.7 Å². The molecule has 0 bridgehead atoms. The molecule has 1 saturated heterocycles. The van der Waals surface area contributed by atoms with E-state index in [0.29, 0.717) is 0 Å². The Hall–Kier alpha value is 1.31. The van der Waals surface area contributed by atoms with Gasteiger partial charge in [0.25, 0.3) is 0 Å². The number of halogens is 1. The second-order valence-electron chi connectivity index (χ2n) is 1.62. The van der Waals surface area contributed by atoms with Crippen molar-refractivity contribution in [3.8, 4) is 0 Å². The molecule has 0 amide bonds. The van der Waals surface area contributed by atoms with Crippen LogP contribution in [0.5, 0.6) is 0 Å². The Morgan fingerprint density at radius 3 is 1.88 bits per heavy atom. The van der Waals surface area contributed by atoms with Crippen molar-refractivity contribution in [2.45, 2.75) is 12.8 Å². The molecule has 1 nitrogen and oxygen atoms in total. The Balaban J connectivity index is 0.000000222. The van der Waals surface area contributed by atoms with E-state index in [1.807, 2.05) is 0 Å². The second kappa shape index (κ2) is 8.31. The molecule has 0 saturated carbocycles. The van der Waals surface area contributed by atoms with Crippen molar-refractivity contribution < 1.29 is 14.8 Å². The van der Waals surface area contributed by atoms with Gasteiger partial charge in [-0.25, -0.2) is 0 Å². The Kier molecular flexibility index (Phi) is 9.68. The molecular weight excluding hydrogens is 266 g/mol. The Morgan fingerprint density at radius 2 is 1.75 bits per heavy atom. The maximum absolute atomic E-state index is 3.25. The molecule has 8 heavy (non-hydrogen) atoms. The molecule has 44 valence electrons. The zero-order valence-electron chi connectivity index (χ0n) is 4.99. The van der Waals surface area contributed by atoms with Crippen LogP contribution in [0, 0.1) is 6.42 Å². The fourth-order valence-electron chi connectivity index (χ4n) is 0.678. The molecule has 0 aromatic rings. The minimum atomic E-state index is 1.19. The molecule has 1 aliphatic heterocycles. The number of hydrogen-bond donors (Lipinski definition) is 1. The maximum atomic E-state index is 3.25. The van der Waals surface area contributed by atoms with E-state index in [2.05, 4.69) is 31.5 Å². The van der Waals surface area contributed by atoms with Crippen molar-refractivity contribution in [1.29, 1.82) is 0 Å². The first-order valence-electron chi connectivity index (χ1n) is 2.79. The normalized spacial score (nSPS) is 18.9. The number of nitrogens with one attached hydrogen (secondary N) is 1. The van der Waals surface area contributed by atoms with Crippen molar-refractivity contribution in [3.05, 3.63) is 6.42 Å². The summed E-state index contributed by atoms with van der Waals surface area (Å²) in [5, 5.41) is 3.25. The van der Waals surface area contributed by atoms with Crippen molar-refractivity contribution >= 4 is 19.8 Å². The van der Waals surface area contributed by atoms with Crippen LogP contribution in [0.2, 0.25) is 0 Å². The summed E-state index contributed by atoms with van der Waals surface area (Å²) in [5.74, 6) is 0. The van der Waals surface area contributed by atoms with E-state index in [9.17, 15) is 0 Å². The molecule has 0 aromatic heterocycles. The molecule has 0 unspecified atom stereocenters. The summed E-state index contributed by atoms with van der Waals surface area (Å²) in [6, 6.07) is 0. The van der Waals surface area contributed by atoms with Gasteiger partial charge in [0.15, 0.2) is 0 Å². The van der Waals surface area contributed by atoms with Gasteiger partial charge >= 0.3 is 34.5 Å². The van der Waals surface area contributed by atoms with E-state index in [-0.39, 0.29) is 0 Å². The summed E-state index contributed by atoms with van der Waals surface area (Å²) in [6.45, 7) is 2.39. The number of rotatable bonds is 0. The van der Waals surface area contributed by atoms with Gasteiger partial charge in [0.1, 0.15) is 0 Å². The third-order valence-corrected chi connectivity index (χ3v) is 1.05. The molecule has 1 fully saturated rings. The van der Waals surface area contributed by atoms with Gasteiger partial charge in [-0.15, -0.1) is 0 Å². The summed E-state index contributed by atoms with van der Waals surface area (Å²) < 4.78 is 0. The van der Waals surface area contributed by atoms with Crippen molar-refractivity contribution in [2.75, 3.05) is 13.1 Å². The zero-order valence-corrected chi connectivity index (χ0v) is 10.1. The SMILES string of the molecule is [CH-]1CCNCC1.[Zn+][I]. The summed E-state index contributed by atoms with van der Waals surface area (Å²) in [4.78, 5) is 0. The van der Waals surface area contributed by atoms with Crippen molar-refractivity contribution in [1.82, 2.24) is 5.32 Å². The average molecular weight is 276 g/mol.